The summed E-state index contributed by atoms with van der Waals surface area (Å²) in [4.78, 5) is 15.7. The Balaban J connectivity index is 1.49. The molecule has 2 aromatic carbocycles. The van der Waals surface area contributed by atoms with Crippen molar-refractivity contribution in [1.82, 2.24) is 4.98 Å². The number of carboxylic acids is 1. The van der Waals surface area contributed by atoms with Gasteiger partial charge in [-0.05, 0) is 66.6 Å². The summed E-state index contributed by atoms with van der Waals surface area (Å²) < 4.78 is 25.1. The molecule has 33 heavy (non-hydrogen) atoms. The summed E-state index contributed by atoms with van der Waals surface area (Å²) in [5, 5.41) is 9.15. The van der Waals surface area contributed by atoms with Crippen molar-refractivity contribution in [2.24, 2.45) is 5.41 Å². The molecule has 1 heterocycles. The molecule has 3 aromatic rings. The second kappa shape index (κ2) is 9.22. The maximum Gasteiger partial charge on any atom is 0.307 e. The van der Waals surface area contributed by atoms with E-state index < -0.39 is 5.97 Å². The van der Waals surface area contributed by atoms with E-state index in [0.29, 0.717) is 24.7 Å². The molecule has 1 aliphatic rings. The Morgan fingerprint density at radius 3 is 2.73 bits per heavy atom. The molecule has 0 aliphatic heterocycles. The molecule has 0 unspecified atom stereocenters. The van der Waals surface area contributed by atoms with Crippen molar-refractivity contribution in [2.45, 2.75) is 46.5 Å². The van der Waals surface area contributed by atoms with Crippen molar-refractivity contribution in [3.8, 4) is 17.2 Å². The standard InChI is InChI=1S/C27H28FNO4/c1-17-23(29-26(33-17)18-7-9-19(28)10-8-18)14-16-32-24-6-4-5-20-21(24)13-15-27(2,3)22(20)11-12-25(30)31/h4-11H,12-16H2,1-3H3,(H,30,31)/b22-11+. The van der Waals surface area contributed by atoms with Crippen molar-refractivity contribution < 1.29 is 23.4 Å². The summed E-state index contributed by atoms with van der Waals surface area (Å²) in [6.45, 7) is 6.61. The second-order valence-electron chi connectivity index (χ2n) is 9.01. The van der Waals surface area contributed by atoms with Gasteiger partial charge in [0.05, 0.1) is 18.7 Å². The topological polar surface area (TPSA) is 72.6 Å². The van der Waals surface area contributed by atoms with E-state index in [1.54, 1.807) is 12.1 Å². The molecule has 0 saturated carbocycles. The number of carboxylic acid groups (broad SMARTS) is 1. The van der Waals surface area contributed by atoms with Crippen LogP contribution in [-0.4, -0.2) is 22.7 Å². The van der Waals surface area contributed by atoms with E-state index in [9.17, 15) is 9.18 Å². The average Bonchev–Trinajstić information content (AvgIpc) is 3.13. The van der Waals surface area contributed by atoms with E-state index in [0.717, 1.165) is 46.5 Å². The van der Waals surface area contributed by atoms with E-state index in [2.05, 4.69) is 18.8 Å². The second-order valence-corrected chi connectivity index (χ2v) is 9.01. The molecular formula is C27H28FNO4. The smallest absolute Gasteiger partial charge is 0.307 e. The minimum absolute atomic E-state index is 0.00507. The summed E-state index contributed by atoms with van der Waals surface area (Å²) in [7, 11) is 0. The highest BCUT2D eigenvalue weighted by Gasteiger charge is 2.32. The minimum Gasteiger partial charge on any atom is -0.493 e. The highest BCUT2D eigenvalue weighted by atomic mass is 19.1. The average molecular weight is 450 g/mol. The van der Waals surface area contributed by atoms with Gasteiger partial charge in [-0.15, -0.1) is 0 Å². The lowest BCUT2D eigenvalue weighted by Gasteiger charge is -2.35. The lowest BCUT2D eigenvalue weighted by Crippen LogP contribution is -2.22. The number of halogens is 1. The van der Waals surface area contributed by atoms with Crippen molar-refractivity contribution in [1.29, 1.82) is 0 Å². The van der Waals surface area contributed by atoms with Gasteiger partial charge in [0.25, 0.3) is 0 Å². The highest BCUT2D eigenvalue weighted by molar-refractivity contribution is 5.79. The number of fused-ring (bicyclic) bond motifs is 1. The monoisotopic (exact) mass is 449 g/mol. The van der Waals surface area contributed by atoms with Crippen molar-refractivity contribution in [2.75, 3.05) is 6.61 Å². The molecule has 5 nitrogen and oxygen atoms in total. The number of rotatable bonds is 7. The molecule has 1 aliphatic carbocycles. The number of aryl methyl sites for hydroxylation is 1. The number of aliphatic carboxylic acids is 1. The van der Waals surface area contributed by atoms with E-state index in [1.165, 1.54) is 12.1 Å². The molecule has 0 atom stereocenters. The van der Waals surface area contributed by atoms with Crippen LogP contribution in [0.25, 0.3) is 17.0 Å². The van der Waals surface area contributed by atoms with Crippen LogP contribution in [0.15, 0.2) is 53.0 Å². The van der Waals surface area contributed by atoms with Crippen LogP contribution < -0.4 is 4.74 Å². The van der Waals surface area contributed by atoms with E-state index in [4.69, 9.17) is 14.3 Å². The lowest BCUT2D eigenvalue weighted by molar-refractivity contribution is -0.136. The van der Waals surface area contributed by atoms with Gasteiger partial charge in [-0.25, -0.2) is 9.37 Å². The van der Waals surface area contributed by atoms with E-state index >= 15 is 0 Å². The number of allylic oxidation sites excluding steroid dienone is 1. The fourth-order valence-electron chi connectivity index (χ4n) is 4.36. The van der Waals surface area contributed by atoms with Crippen LogP contribution in [0.5, 0.6) is 5.75 Å². The van der Waals surface area contributed by atoms with Gasteiger partial charge in [-0.3, -0.25) is 4.79 Å². The maximum atomic E-state index is 13.2. The minimum atomic E-state index is -0.833. The largest absolute Gasteiger partial charge is 0.493 e. The Morgan fingerprint density at radius 1 is 1.24 bits per heavy atom. The van der Waals surface area contributed by atoms with Gasteiger partial charge < -0.3 is 14.3 Å². The normalized spacial score (nSPS) is 15.9. The summed E-state index contributed by atoms with van der Waals surface area (Å²) in [5.74, 6) is 0.875. The lowest BCUT2D eigenvalue weighted by atomic mass is 9.70. The molecule has 6 heteroatoms. The molecule has 0 amide bonds. The third-order valence-corrected chi connectivity index (χ3v) is 6.21. The fourth-order valence-corrected chi connectivity index (χ4v) is 4.36. The number of carbonyl (C=O) groups is 1. The first-order chi connectivity index (χ1) is 15.7. The molecule has 0 spiro atoms. The summed E-state index contributed by atoms with van der Waals surface area (Å²) >= 11 is 0. The van der Waals surface area contributed by atoms with Gasteiger partial charge in [-0.1, -0.05) is 32.1 Å². The van der Waals surface area contributed by atoms with Crippen LogP contribution in [0.1, 0.15) is 49.3 Å². The SMILES string of the molecule is Cc1oc(-c2ccc(F)cc2)nc1CCOc1cccc2c1CCC(C)(C)/C2=C/CC(=O)O. The Kier molecular flexibility index (Phi) is 6.36. The Bertz CT molecular complexity index is 1190. The van der Waals surface area contributed by atoms with Crippen molar-refractivity contribution >= 4 is 11.5 Å². The van der Waals surface area contributed by atoms with Gasteiger partial charge in [-0.2, -0.15) is 0 Å². The number of oxazole rings is 1. The Labute approximate surface area is 192 Å². The van der Waals surface area contributed by atoms with Crippen LogP contribution in [0, 0.1) is 18.2 Å². The zero-order valence-corrected chi connectivity index (χ0v) is 19.2. The molecule has 1 aromatic heterocycles. The maximum absolute atomic E-state index is 13.2. The molecule has 0 saturated heterocycles. The van der Waals surface area contributed by atoms with Crippen LogP contribution in [0.3, 0.4) is 0 Å². The third kappa shape index (κ3) is 5.00. The number of ether oxygens (including phenoxy) is 1. The summed E-state index contributed by atoms with van der Waals surface area (Å²) in [6, 6.07) is 12.0. The molecular weight excluding hydrogens is 421 g/mol. The predicted molar refractivity (Wildman–Crippen MR) is 125 cm³/mol. The summed E-state index contributed by atoms with van der Waals surface area (Å²) in [5.41, 5.74) is 4.70. The van der Waals surface area contributed by atoms with Gasteiger partial charge in [0, 0.05) is 17.5 Å². The fraction of sp³-hybridized carbons (Fsp3) is 0.333. The van der Waals surface area contributed by atoms with Crippen LogP contribution in [0.2, 0.25) is 0 Å². The first-order valence-electron chi connectivity index (χ1n) is 11.1. The molecule has 172 valence electrons. The summed E-state index contributed by atoms with van der Waals surface area (Å²) in [6.07, 6.45) is 4.22. The molecule has 0 fully saturated rings. The van der Waals surface area contributed by atoms with Gasteiger partial charge in [0.2, 0.25) is 5.89 Å². The van der Waals surface area contributed by atoms with E-state index in [1.807, 2.05) is 31.2 Å². The number of hydrogen-bond acceptors (Lipinski definition) is 4. The highest BCUT2D eigenvalue weighted by Crippen LogP contribution is 2.47. The van der Waals surface area contributed by atoms with Crippen LogP contribution >= 0.6 is 0 Å². The molecule has 4 rings (SSSR count). The first kappa shape index (κ1) is 22.8. The number of aromatic nitrogens is 1. The van der Waals surface area contributed by atoms with Gasteiger partial charge >= 0.3 is 5.97 Å². The Hall–Kier alpha value is -3.41. The number of benzene rings is 2. The zero-order valence-electron chi connectivity index (χ0n) is 19.2. The van der Waals surface area contributed by atoms with Gasteiger partial charge in [0.1, 0.15) is 17.3 Å². The first-order valence-corrected chi connectivity index (χ1v) is 11.1. The molecule has 1 N–H and O–H groups in total. The van der Waals surface area contributed by atoms with E-state index in [-0.39, 0.29) is 17.7 Å². The Morgan fingerprint density at radius 2 is 2.00 bits per heavy atom. The third-order valence-electron chi connectivity index (χ3n) is 6.21. The van der Waals surface area contributed by atoms with Crippen molar-refractivity contribution in [3.05, 3.63) is 76.9 Å². The molecule has 0 radical (unpaired) electrons. The van der Waals surface area contributed by atoms with Gasteiger partial charge in [0.15, 0.2) is 0 Å². The quantitative estimate of drug-likeness (QED) is 0.462. The van der Waals surface area contributed by atoms with Crippen molar-refractivity contribution in [3.63, 3.8) is 0 Å². The zero-order chi connectivity index (χ0) is 23.6. The number of nitrogens with zero attached hydrogens (tertiary/aromatic N) is 1. The van der Waals surface area contributed by atoms with Crippen LogP contribution in [0.4, 0.5) is 4.39 Å². The number of hydrogen-bond donors (Lipinski definition) is 1. The van der Waals surface area contributed by atoms with Crippen LogP contribution in [-0.2, 0) is 17.6 Å². The predicted octanol–water partition coefficient (Wildman–Crippen LogP) is 6.24. The molecule has 0 bridgehead atoms.